The first kappa shape index (κ1) is 11.0. The van der Waals surface area contributed by atoms with E-state index in [9.17, 15) is 4.79 Å². The quantitative estimate of drug-likeness (QED) is 0.815. The smallest absolute Gasteiger partial charge is 0.347 e. The highest BCUT2D eigenvalue weighted by Crippen LogP contribution is 2.22. The Balaban J connectivity index is 2.78. The zero-order chi connectivity index (χ0) is 10.6. The average molecular weight is 214 g/mol. The van der Waals surface area contributed by atoms with Crippen molar-refractivity contribution in [2.45, 2.75) is 20.3 Å². The van der Waals surface area contributed by atoms with Crippen LogP contribution in [0.25, 0.3) is 0 Å². The fraction of sp³-hybridized carbons (Fsp3) is 0.556. The molecule has 0 fully saturated rings. The van der Waals surface area contributed by atoms with Crippen molar-refractivity contribution < 1.29 is 9.90 Å². The van der Waals surface area contributed by atoms with E-state index in [4.69, 9.17) is 5.11 Å². The number of rotatable bonds is 5. The fourth-order valence-corrected chi connectivity index (χ4v) is 2.01. The van der Waals surface area contributed by atoms with Crippen molar-refractivity contribution in [2.75, 3.05) is 18.0 Å². The lowest BCUT2D eigenvalue weighted by Gasteiger charge is -2.18. The van der Waals surface area contributed by atoms with Crippen LogP contribution in [0.15, 0.2) is 6.20 Å². The Morgan fingerprint density at radius 3 is 2.79 bits per heavy atom. The highest BCUT2D eigenvalue weighted by atomic mass is 32.1. The van der Waals surface area contributed by atoms with Gasteiger partial charge in [0.2, 0.25) is 0 Å². The van der Waals surface area contributed by atoms with Crippen LogP contribution in [0.1, 0.15) is 29.9 Å². The largest absolute Gasteiger partial charge is 0.477 e. The molecular weight excluding hydrogens is 200 g/mol. The van der Waals surface area contributed by atoms with Gasteiger partial charge in [-0.05, 0) is 13.3 Å². The Bertz CT molecular complexity index is 312. The summed E-state index contributed by atoms with van der Waals surface area (Å²) < 4.78 is 0. The van der Waals surface area contributed by atoms with Crippen LogP contribution in [-0.4, -0.2) is 29.1 Å². The number of carboxylic acids is 1. The molecule has 4 nitrogen and oxygen atoms in total. The molecule has 78 valence electrons. The number of anilines is 1. The Hall–Kier alpha value is -1.10. The number of carbonyl (C=O) groups is 1. The highest BCUT2D eigenvalue weighted by molar-refractivity contribution is 7.17. The van der Waals surface area contributed by atoms with E-state index in [1.165, 1.54) is 17.5 Å². The number of hydrogen-bond acceptors (Lipinski definition) is 4. The van der Waals surface area contributed by atoms with Gasteiger partial charge < -0.3 is 10.0 Å². The maximum absolute atomic E-state index is 10.6. The van der Waals surface area contributed by atoms with E-state index < -0.39 is 5.97 Å². The van der Waals surface area contributed by atoms with E-state index >= 15 is 0 Å². The number of hydrogen-bond donors (Lipinski definition) is 1. The monoisotopic (exact) mass is 214 g/mol. The van der Waals surface area contributed by atoms with Crippen molar-refractivity contribution in [3.05, 3.63) is 11.1 Å². The molecule has 0 spiro atoms. The van der Waals surface area contributed by atoms with Crippen molar-refractivity contribution in [2.24, 2.45) is 0 Å². The first-order valence-electron chi connectivity index (χ1n) is 4.63. The van der Waals surface area contributed by atoms with Crippen LogP contribution >= 0.6 is 11.3 Å². The van der Waals surface area contributed by atoms with E-state index in [-0.39, 0.29) is 0 Å². The summed E-state index contributed by atoms with van der Waals surface area (Å²) in [6.45, 7) is 5.91. The van der Waals surface area contributed by atoms with Crippen molar-refractivity contribution in [3.8, 4) is 0 Å². The van der Waals surface area contributed by atoms with Gasteiger partial charge in [-0.1, -0.05) is 18.3 Å². The van der Waals surface area contributed by atoms with Crippen LogP contribution in [0.5, 0.6) is 0 Å². The number of carboxylic acid groups (broad SMARTS) is 1. The average Bonchev–Trinajstić information content (AvgIpc) is 2.63. The Morgan fingerprint density at radius 1 is 1.64 bits per heavy atom. The second-order valence-electron chi connectivity index (χ2n) is 2.89. The van der Waals surface area contributed by atoms with Crippen molar-refractivity contribution >= 4 is 22.4 Å². The summed E-state index contributed by atoms with van der Waals surface area (Å²) in [6.07, 6.45) is 2.45. The van der Waals surface area contributed by atoms with Crippen LogP contribution < -0.4 is 4.90 Å². The Kier molecular flexibility index (Phi) is 3.88. The van der Waals surface area contributed by atoms with Gasteiger partial charge in [-0.2, -0.15) is 0 Å². The normalized spacial score (nSPS) is 10.1. The lowest BCUT2D eigenvalue weighted by atomic mass is 10.4. The molecule has 0 unspecified atom stereocenters. The highest BCUT2D eigenvalue weighted by Gasteiger charge is 2.12. The molecule has 1 heterocycles. The van der Waals surface area contributed by atoms with Crippen LogP contribution in [0.2, 0.25) is 0 Å². The number of thiazole rings is 1. The minimum Gasteiger partial charge on any atom is -0.477 e. The van der Waals surface area contributed by atoms with Gasteiger partial charge in [0, 0.05) is 13.1 Å². The minimum atomic E-state index is -0.902. The lowest BCUT2D eigenvalue weighted by molar-refractivity contribution is 0.0702. The molecule has 0 amide bonds. The summed E-state index contributed by atoms with van der Waals surface area (Å²) in [5.41, 5.74) is 0. The summed E-state index contributed by atoms with van der Waals surface area (Å²) in [4.78, 5) is 17.1. The van der Waals surface area contributed by atoms with Gasteiger partial charge >= 0.3 is 5.97 Å². The Labute approximate surface area is 87.2 Å². The van der Waals surface area contributed by atoms with Gasteiger partial charge in [-0.15, -0.1) is 0 Å². The molecule has 0 aliphatic carbocycles. The first-order valence-corrected chi connectivity index (χ1v) is 5.44. The SMILES string of the molecule is CCCN(CC)c1ncc(C(=O)O)s1. The molecule has 0 saturated heterocycles. The molecule has 0 aliphatic rings. The topological polar surface area (TPSA) is 53.4 Å². The van der Waals surface area contributed by atoms with Gasteiger partial charge in [0.1, 0.15) is 4.88 Å². The molecule has 5 heteroatoms. The fourth-order valence-electron chi connectivity index (χ4n) is 1.17. The van der Waals surface area contributed by atoms with Crippen LogP contribution in [-0.2, 0) is 0 Å². The summed E-state index contributed by atoms with van der Waals surface area (Å²) in [6, 6.07) is 0. The number of aromatic nitrogens is 1. The van der Waals surface area contributed by atoms with E-state index in [2.05, 4.69) is 16.8 Å². The molecule has 0 aliphatic heterocycles. The molecule has 14 heavy (non-hydrogen) atoms. The second kappa shape index (κ2) is 4.95. The molecule has 1 aromatic rings. The van der Waals surface area contributed by atoms with Crippen LogP contribution in [0, 0.1) is 0 Å². The van der Waals surface area contributed by atoms with E-state index in [1.807, 2.05) is 6.92 Å². The lowest BCUT2D eigenvalue weighted by Crippen LogP contribution is -2.22. The van der Waals surface area contributed by atoms with Gasteiger partial charge in [0.05, 0.1) is 6.20 Å². The molecule has 0 saturated carbocycles. The molecule has 1 rings (SSSR count). The molecule has 0 bridgehead atoms. The van der Waals surface area contributed by atoms with Crippen molar-refractivity contribution in [1.29, 1.82) is 0 Å². The maximum Gasteiger partial charge on any atom is 0.347 e. The van der Waals surface area contributed by atoms with Gasteiger partial charge in [0.25, 0.3) is 0 Å². The second-order valence-corrected chi connectivity index (χ2v) is 3.90. The molecule has 0 radical (unpaired) electrons. The van der Waals surface area contributed by atoms with E-state index in [0.717, 1.165) is 24.6 Å². The summed E-state index contributed by atoms with van der Waals surface area (Å²) in [5, 5.41) is 9.53. The zero-order valence-electron chi connectivity index (χ0n) is 8.36. The third kappa shape index (κ3) is 2.45. The van der Waals surface area contributed by atoms with Crippen molar-refractivity contribution in [3.63, 3.8) is 0 Å². The molecule has 0 aromatic carbocycles. The zero-order valence-corrected chi connectivity index (χ0v) is 9.17. The maximum atomic E-state index is 10.6. The Morgan fingerprint density at radius 2 is 2.36 bits per heavy atom. The molecule has 1 aromatic heterocycles. The van der Waals surface area contributed by atoms with Gasteiger partial charge in [-0.25, -0.2) is 9.78 Å². The summed E-state index contributed by atoms with van der Waals surface area (Å²) >= 11 is 1.23. The van der Waals surface area contributed by atoms with Crippen LogP contribution in [0.3, 0.4) is 0 Å². The number of aromatic carboxylic acids is 1. The summed E-state index contributed by atoms with van der Waals surface area (Å²) in [5.74, 6) is -0.902. The molecule has 0 atom stereocenters. The van der Waals surface area contributed by atoms with Crippen molar-refractivity contribution in [1.82, 2.24) is 4.98 Å². The number of nitrogens with zero attached hydrogens (tertiary/aromatic N) is 2. The third-order valence-corrected chi connectivity index (χ3v) is 2.90. The van der Waals surface area contributed by atoms with E-state index in [1.54, 1.807) is 0 Å². The summed E-state index contributed by atoms with van der Waals surface area (Å²) in [7, 11) is 0. The third-order valence-electron chi connectivity index (χ3n) is 1.85. The van der Waals surface area contributed by atoms with Gasteiger partial charge in [-0.3, -0.25) is 0 Å². The van der Waals surface area contributed by atoms with Crippen LogP contribution in [0.4, 0.5) is 5.13 Å². The van der Waals surface area contributed by atoms with E-state index in [0.29, 0.717) is 4.88 Å². The molecule has 1 N–H and O–H groups in total. The predicted octanol–water partition coefficient (Wildman–Crippen LogP) is 2.08. The minimum absolute atomic E-state index is 0.301. The van der Waals surface area contributed by atoms with Gasteiger partial charge in [0.15, 0.2) is 5.13 Å². The molecular formula is C9H14N2O2S. The predicted molar refractivity (Wildman–Crippen MR) is 57.3 cm³/mol. The first-order chi connectivity index (χ1) is 6.69. The standard InChI is InChI=1S/C9H14N2O2S/c1-3-5-11(4-2)9-10-6-7(14-9)8(12)13/h6H,3-5H2,1-2H3,(H,12,13).